The second-order valence-corrected chi connectivity index (χ2v) is 4.92. The summed E-state index contributed by atoms with van der Waals surface area (Å²) in [4.78, 5) is 25.3. The molecule has 8 nitrogen and oxygen atoms in total. The van der Waals surface area contributed by atoms with Crippen molar-refractivity contribution in [3.63, 3.8) is 0 Å². The van der Waals surface area contributed by atoms with Gasteiger partial charge in [0.1, 0.15) is 11.9 Å². The molecule has 2 rings (SSSR count). The Bertz CT molecular complexity index is 666. The second-order valence-electron chi connectivity index (χ2n) is 4.92. The molecule has 0 atom stereocenters. The van der Waals surface area contributed by atoms with Crippen molar-refractivity contribution in [2.45, 2.75) is 19.4 Å². The van der Waals surface area contributed by atoms with Gasteiger partial charge in [-0.3, -0.25) is 4.79 Å². The number of nitro groups is 1. The number of hydrogen-bond donors (Lipinski definition) is 1. The van der Waals surface area contributed by atoms with Crippen LogP contribution in [-0.2, 0) is 17.8 Å². The first-order chi connectivity index (χ1) is 11.1. The SMILES string of the molecule is COc1ccc(CCNC(=O)CCn2cnc([N+](=O)[O-])c2)cc1. The molecule has 1 amide bonds. The van der Waals surface area contributed by atoms with Crippen molar-refractivity contribution in [3.05, 3.63) is 52.5 Å². The molecule has 1 N–H and O–H groups in total. The molecule has 1 heterocycles. The Kier molecular flexibility index (Phi) is 5.67. The normalized spacial score (nSPS) is 10.3. The van der Waals surface area contributed by atoms with E-state index in [9.17, 15) is 14.9 Å². The molecule has 0 bridgehead atoms. The summed E-state index contributed by atoms with van der Waals surface area (Å²) in [5.41, 5.74) is 1.11. The van der Waals surface area contributed by atoms with Crippen molar-refractivity contribution in [2.75, 3.05) is 13.7 Å². The average Bonchev–Trinajstić information content (AvgIpc) is 3.03. The fourth-order valence-electron chi connectivity index (χ4n) is 2.02. The van der Waals surface area contributed by atoms with Gasteiger partial charge in [0.05, 0.1) is 7.11 Å². The molecule has 0 saturated carbocycles. The minimum absolute atomic E-state index is 0.102. The molecule has 2 aromatic rings. The number of ether oxygens (including phenoxy) is 1. The summed E-state index contributed by atoms with van der Waals surface area (Å²) in [7, 11) is 1.62. The van der Waals surface area contributed by atoms with Gasteiger partial charge in [-0.05, 0) is 34.0 Å². The van der Waals surface area contributed by atoms with Crippen molar-refractivity contribution in [3.8, 4) is 5.75 Å². The number of methoxy groups -OCH3 is 1. The number of imidazole rings is 1. The lowest BCUT2D eigenvalue weighted by atomic mass is 10.1. The monoisotopic (exact) mass is 318 g/mol. The Morgan fingerprint density at radius 2 is 2.13 bits per heavy atom. The number of aromatic nitrogens is 2. The predicted molar refractivity (Wildman–Crippen MR) is 83.2 cm³/mol. The lowest BCUT2D eigenvalue weighted by Gasteiger charge is -2.06. The third kappa shape index (κ3) is 5.10. The molecule has 0 unspecified atom stereocenters. The Labute approximate surface area is 133 Å². The number of nitrogens with one attached hydrogen (secondary N) is 1. The second kappa shape index (κ2) is 7.92. The van der Waals surface area contributed by atoms with Crippen LogP contribution in [0.2, 0.25) is 0 Å². The lowest BCUT2D eigenvalue weighted by Crippen LogP contribution is -2.26. The highest BCUT2D eigenvalue weighted by atomic mass is 16.6. The summed E-state index contributed by atoms with van der Waals surface area (Å²) in [6.45, 7) is 0.893. The van der Waals surface area contributed by atoms with Crippen molar-refractivity contribution in [1.82, 2.24) is 14.9 Å². The number of rotatable bonds is 8. The van der Waals surface area contributed by atoms with Gasteiger partial charge in [0.2, 0.25) is 12.2 Å². The van der Waals surface area contributed by atoms with Gasteiger partial charge in [-0.2, -0.15) is 0 Å². The van der Waals surface area contributed by atoms with Gasteiger partial charge in [-0.1, -0.05) is 12.1 Å². The van der Waals surface area contributed by atoms with Gasteiger partial charge >= 0.3 is 5.82 Å². The Morgan fingerprint density at radius 3 is 2.74 bits per heavy atom. The van der Waals surface area contributed by atoms with E-state index >= 15 is 0 Å². The smallest absolute Gasteiger partial charge is 0.381 e. The highest BCUT2D eigenvalue weighted by Crippen LogP contribution is 2.11. The number of amides is 1. The first-order valence-electron chi connectivity index (χ1n) is 7.14. The van der Waals surface area contributed by atoms with Gasteiger partial charge in [-0.25, -0.2) is 0 Å². The Hall–Kier alpha value is -2.90. The van der Waals surface area contributed by atoms with Gasteiger partial charge in [0.25, 0.3) is 0 Å². The summed E-state index contributed by atoms with van der Waals surface area (Å²) in [6.07, 6.45) is 3.63. The van der Waals surface area contributed by atoms with E-state index in [0.717, 1.165) is 17.7 Å². The minimum Gasteiger partial charge on any atom is -0.497 e. The maximum Gasteiger partial charge on any atom is 0.381 e. The molecule has 0 radical (unpaired) electrons. The number of hydrogen-bond acceptors (Lipinski definition) is 5. The molecule has 1 aromatic carbocycles. The van der Waals surface area contributed by atoms with E-state index in [2.05, 4.69) is 10.3 Å². The molecule has 0 aliphatic heterocycles. The summed E-state index contributed by atoms with van der Waals surface area (Å²) in [5, 5.41) is 13.3. The standard InChI is InChI=1S/C15H18N4O4/c1-23-13-4-2-12(3-5-13)6-8-16-15(20)7-9-18-10-14(17-11-18)19(21)22/h2-5,10-11H,6-9H2,1H3,(H,16,20). The molecular weight excluding hydrogens is 300 g/mol. The average molecular weight is 318 g/mol. The molecule has 0 saturated heterocycles. The Morgan fingerprint density at radius 1 is 1.39 bits per heavy atom. The van der Waals surface area contributed by atoms with Crippen molar-refractivity contribution in [1.29, 1.82) is 0 Å². The van der Waals surface area contributed by atoms with E-state index in [1.807, 2.05) is 24.3 Å². The molecule has 1 aromatic heterocycles. The number of nitrogens with zero attached hydrogens (tertiary/aromatic N) is 3. The van der Waals surface area contributed by atoms with Gasteiger partial charge < -0.3 is 24.7 Å². The zero-order chi connectivity index (χ0) is 16.7. The first-order valence-corrected chi connectivity index (χ1v) is 7.14. The third-order valence-electron chi connectivity index (χ3n) is 3.30. The quantitative estimate of drug-likeness (QED) is 0.588. The highest BCUT2D eigenvalue weighted by Gasteiger charge is 2.10. The van der Waals surface area contributed by atoms with Crippen LogP contribution in [0.1, 0.15) is 12.0 Å². The van der Waals surface area contributed by atoms with E-state index in [0.29, 0.717) is 13.1 Å². The van der Waals surface area contributed by atoms with Crippen LogP contribution in [0.5, 0.6) is 5.75 Å². The molecule has 0 spiro atoms. The number of aryl methyl sites for hydroxylation is 1. The largest absolute Gasteiger partial charge is 0.497 e. The summed E-state index contributed by atoms with van der Waals surface area (Å²) in [6, 6.07) is 7.66. The molecule has 0 aliphatic rings. The summed E-state index contributed by atoms with van der Waals surface area (Å²) in [5.74, 6) is 0.479. The third-order valence-corrected chi connectivity index (χ3v) is 3.30. The van der Waals surface area contributed by atoms with E-state index in [1.165, 1.54) is 17.1 Å². The van der Waals surface area contributed by atoms with Crippen molar-refractivity contribution in [2.24, 2.45) is 0 Å². The minimum atomic E-state index is -0.564. The van der Waals surface area contributed by atoms with Gasteiger partial charge in [-0.15, -0.1) is 0 Å². The fraction of sp³-hybridized carbons (Fsp3) is 0.333. The molecular formula is C15H18N4O4. The van der Waals surface area contributed by atoms with Gasteiger partial charge in [0.15, 0.2) is 0 Å². The maximum atomic E-state index is 11.7. The predicted octanol–water partition coefficient (Wildman–Crippen LogP) is 1.55. The molecule has 8 heteroatoms. The molecule has 0 fully saturated rings. The summed E-state index contributed by atoms with van der Waals surface area (Å²) < 4.78 is 6.61. The van der Waals surface area contributed by atoms with Crippen LogP contribution in [-0.4, -0.2) is 34.0 Å². The zero-order valence-corrected chi connectivity index (χ0v) is 12.8. The first kappa shape index (κ1) is 16.5. The van der Waals surface area contributed by atoms with Crippen LogP contribution >= 0.6 is 0 Å². The van der Waals surface area contributed by atoms with Crippen LogP contribution in [0, 0.1) is 10.1 Å². The highest BCUT2D eigenvalue weighted by molar-refractivity contribution is 5.75. The zero-order valence-electron chi connectivity index (χ0n) is 12.8. The molecule has 23 heavy (non-hydrogen) atoms. The van der Waals surface area contributed by atoms with Crippen LogP contribution in [0.3, 0.4) is 0 Å². The topological polar surface area (TPSA) is 99.3 Å². The fourth-order valence-corrected chi connectivity index (χ4v) is 2.02. The van der Waals surface area contributed by atoms with Crippen LogP contribution in [0.25, 0.3) is 0 Å². The van der Waals surface area contributed by atoms with E-state index in [-0.39, 0.29) is 18.1 Å². The van der Waals surface area contributed by atoms with Crippen LogP contribution in [0.4, 0.5) is 5.82 Å². The molecule has 0 aliphatic carbocycles. The van der Waals surface area contributed by atoms with Crippen molar-refractivity contribution >= 4 is 11.7 Å². The number of carbonyl (C=O) groups is 1. The maximum absolute atomic E-state index is 11.7. The molecule has 122 valence electrons. The van der Waals surface area contributed by atoms with Crippen molar-refractivity contribution < 1.29 is 14.5 Å². The lowest BCUT2D eigenvalue weighted by molar-refractivity contribution is -0.389. The number of benzene rings is 1. The van der Waals surface area contributed by atoms with E-state index < -0.39 is 4.92 Å². The van der Waals surface area contributed by atoms with Gasteiger partial charge in [0, 0.05) is 19.5 Å². The van der Waals surface area contributed by atoms with Crippen LogP contribution in [0.15, 0.2) is 36.8 Å². The van der Waals surface area contributed by atoms with E-state index in [4.69, 9.17) is 4.74 Å². The summed E-state index contributed by atoms with van der Waals surface area (Å²) >= 11 is 0. The number of carbonyl (C=O) groups excluding carboxylic acids is 1. The van der Waals surface area contributed by atoms with Crippen LogP contribution < -0.4 is 10.1 Å². The van der Waals surface area contributed by atoms with E-state index in [1.54, 1.807) is 7.11 Å². The Balaban J connectivity index is 1.69.